The molecule has 5 heteroatoms. The summed E-state index contributed by atoms with van der Waals surface area (Å²) in [6.45, 7) is 7.90. The van der Waals surface area contributed by atoms with Gasteiger partial charge in [-0.1, -0.05) is 28.1 Å². The Labute approximate surface area is 151 Å². The molecule has 128 valence electrons. The summed E-state index contributed by atoms with van der Waals surface area (Å²) >= 11 is 3.43. The number of carbonyl (C=O) groups is 2. The molecule has 0 fully saturated rings. The molecule has 1 aromatic carbocycles. The SMILES string of the molecule is CC(=O)c1c(C)[nH]c(C(=O)[C@H](C)[NH+](C)Cc2ccc(Br)cc2)c1C. The second-order valence-corrected chi connectivity index (χ2v) is 7.33. The van der Waals surface area contributed by atoms with Crippen molar-refractivity contribution >= 4 is 27.5 Å². The number of aromatic nitrogens is 1. The zero-order valence-corrected chi connectivity index (χ0v) is 16.4. The van der Waals surface area contributed by atoms with Crippen LogP contribution in [0.4, 0.5) is 0 Å². The Balaban J connectivity index is 2.18. The molecule has 1 unspecified atom stereocenters. The third kappa shape index (κ3) is 3.84. The number of carbonyl (C=O) groups excluding carboxylic acids is 2. The first kappa shape index (κ1) is 18.6. The van der Waals surface area contributed by atoms with E-state index in [4.69, 9.17) is 0 Å². The number of likely N-dealkylation sites (N-methyl/N-ethyl adjacent to an activating group) is 1. The van der Waals surface area contributed by atoms with E-state index in [1.807, 2.05) is 40.0 Å². The number of benzene rings is 1. The van der Waals surface area contributed by atoms with Crippen LogP contribution in [0.1, 0.15) is 51.5 Å². The normalized spacial score (nSPS) is 13.6. The molecule has 2 rings (SSSR count). The Bertz CT molecular complexity index is 762. The van der Waals surface area contributed by atoms with E-state index in [0.717, 1.165) is 27.2 Å². The summed E-state index contributed by atoms with van der Waals surface area (Å²) in [6.07, 6.45) is 0. The molecule has 1 heterocycles. The number of halogens is 1. The second-order valence-electron chi connectivity index (χ2n) is 6.42. The van der Waals surface area contributed by atoms with Gasteiger partial charge in [-0.15, -0.1) is 0 Å². The molecule has 24 heavy (non-hydrogen) atoms. The van der Waals surface area contributed by atoms with Gasteiger partial charge in [0.05, 0.1) is 12.7 Å². The number of aryl methyl sites for hydroxylation is 1. The number of quaternary nitrogens is 1. The van der Waals surface area contributed by atoms with Gasteiger partial charge in [0.15, 0.2) is 11.8 Å². The van der Waals surface area contributed by atoms with Gasteiger partial charge in [-0.25, -0.2) is 0 Å². The molecule has 0 saturated carbocycles. The first-order valence-corrected chi connectivity index (χ1v) is 8.82. The van der Waals surface area contributed by atoms with E-state index in [2.05, 4.69) is 33.0 Å². The number of hydrogen-bond donors (Lipinski definition) is 2. The molecule has 2 atom stereocenters. The van der Waals surface area contributed by atoms with Gasteiger partial charge in [-0.2, -0.15) is 0 Å². The summed E-state index contributed by atoms with van der Waals surface area (Å²) in [5.41, 5.74) is 3.89. The van der Waals surface area contributed by atoms with Crippen molar-refractivity contribution in [1.29, 1.82) is 0 Å². The highest BCUT2D eigenvalue weighted by Crippen LogP contribution is 2.19. The smallest absolute Gasteiger partial charge is 0.235 e. The number of aromatic amines is 1. The van der Waals surface area contributed by atoms with Crippen LogP contribution in [-0.2, 0) is 6.54 Å². The van der Waals surface area contributed by atoms with Crippen LogP contribution in [0.5, 0.6) is 0 Å². The van der Waals surface area contributed by atoms with Gasteiger partial charge in [0.1, 0.15) is 6.54 Å². The minimum absolute atomic E-state index is 0.0106. The number of rotatable bonds is 6. The summed E-state index contributed by atoms with van der Waals surface area (Å²) in [5.74, 6) is 0.0289. The standard InChI is InChI=1S/C19H23BrN2O2/c1-11-17(14(4)23)12(2)21-18(11)19(24)13(3)22(5)10-15-6-8-16(20)9-7-15/h6-9,13,21H,10H2,1-5H3/p+1/t13-/m0/s1. The number of Topliss-reactive ketones (excluding diaryl/α,β-unsaturated/α-hetero) is 2. The van der Waals surface area contributed by atoms with E-state index in [1.54, 1.807) is 0 Å². The average Bonchev–Trinajstić information content (AvgIpc) is 2.82. The Morgan fingerprint density at radius 2 is 1.79 bits per heavy atom. The van der Waals surface area contributed by atoms with Crippen LogP contribution in [0.25, 0.3) is 0 Å². The molecule has 1 aromatic heterocycles. The van der Waals surface area contributed by atoms with Crippen LogP contribution in [0, 0.1) is 13.8 Å². The highest BCUT2D eigenvalue weighted by atomic mass is 79.9. The molecule has 0 saturated heterocycles. The predicted octanol–water partition coefficient (Wildman–Crippen LogP) is 2.88. The molecule has 2 N–H and O–H groups in total. The van der Waals surface area contributed by atoms with Gasteiger partial charge >= 0.3 is 0 Å². The highest BCUT2D eigenvalue weighted by molar-refractivity contribution is 9.10. The predicted molar refractivity (Wildman–Crippen MR) is 98.8 cm³/mol. The van der Waals surface area contributed by atoms with Gasteiger partial charge in [-0.3, -0.25) is 9.59 Å². The average molecular weight is 392 g/mol. The Morgan fingerprint density at radius 3 is 2.29 bits per heavy atom. The Morgan fingerprint density at radius 1 is 1.21 bits per heavy atom. The van der Waals surface area contributed by atoms with Crippen LogP contribution < -0.4 is 4.90 Å². The Hall–Kier alpha value is -1.72. The number of ketones is 2. The third-order valence-corrected chi connectivity index (χ3v) is 5.09. The molecule has 0 aliphatic carbocycles. The fourth-order valence-electron chi connectivity index (χ4n) is 3.04. The van der Waals surface area contributed by atoms with Gasteiger partial charge in [-0.05, 0) is 45.4 Å². The number of hydrogen-bond acceptors (Lipinski definition) is 2. The van der Waals surface area contributed by atoms with E-state index in [1.165, 1.54) is 12.5 Å². The monoisotopic (exact) mass is 391 g/mol. The minimum atomic E-state index is -0.204. The molecule has 0 radical (unpaired) electrons. The van der Waals surface area contributed by atoms with E-state index < -0.39 is 0 Å². The van der Waals surface area contributed by atoms with Crippen LogP contribution in [0.3, 0.4) is 0 Å². The Kier molecular flexibility index (Phi) is 5.78. The molecule has 0 amide bonds. The van der Waals surface area contributed by atoms with Crippen LogP contribution in [0.15, 0.2) is 28.7 Å². The summed E-state index contributed by atoms with van der Waals surface area (Å²) in [4.78, 5) is 28.8. The fourth-order valence-corrected chi connectivity index (χ4v) is 3.31. The van der Waals surface area contributed by atoms with Gasteiger partial charge in [0, 0.05) is 21.3 Å². The van der Waals surface area contributed by atoms with Crippen molar-refractivity contribution in [3.63, 3.8) is 0 Å². The van der Waals surface area contributed by atoms with Crippen molar-refractivity contribution in [1.82, 2.24) is 4.98 Å². The highest BCUT2D eigenvalue weighted by Gasteiger charge is 2.28. The number of nitrogens with one attached hydrogen (secondary N) is 2. The fraction of sp³-hybridized carbons (Fsp3) is 0.368. The summed E-state index contributed by atoms with van der Waals surface area (Å²) < 4.78 is 1.04. The second kappa shape index (κ2) is 7.45. The van der Waals surface area contributed by atoms with E-state index >= 15 is 0 Å². The molecule has 2 aromatic rings. The van der Waals surface area contributed by atoms with Crippen molar-refractivity contribution in [2.45, 2.75) is 40.3 Å². The quantitative estimate of drug-likeness (QED) is 0.743. The maximum absolute atomic E-state index is 12.9. The lowest BCUT2D eigenvalue weighted by atomic mass is 10.0. The first-order valence-electron chi connectivity index (χ1n) is 8.03. The maximum atomic E-state index is 12.9. The van der Waals surface area contributed by atoms with E-state index in [9.17, 15) is 9.59 Å². The van der Waals surface area contributed by atoms with E-state index in [0.29, 0.717) is 11.3 Å². The molecule has 0 aliphatic rings. The third-order valence-electron chi connectivity index (χ3n) is 4.56. The topological polar surface area (TPSA) is 54.4 Å². The van der Waals surface area contributed by atoms with Crippen LogP contribution >= 0.6 is 15.9 Å². The van der Waals surface area contributed by atoms with Crippen molar-refractivity contribution in [3.8, 4) is 0 Å². The zero-order valence-electron chi connectivity index (χ0n) is 14.8. The first-order chi connectivity index (χ1) is 11.2. The molecular weight excluding hydrogens is 368 g/mol. The zero-order chi connectivity index (χ0) is 18.0. The van der Waals surface area contributed by atoms with Gasteiger partial charge < -0.3 is 9.88 Å². The number of H-pyrrole nitrogens is 1. The van der Waals surface area contributed by atoms with Gasteiger partial charge in [0.2, 0.25) is 5.78 Å². The summed E-state index contributed by atoms with van der Waals surface area (Å²) in [7, 11) is 2.02. The lowest BCUT2D eigenvalue weighted by Crippen LogP contribution is -3.12. The van der Waals surface area contributed by atoms with Crippen molar-refractivity contribution in [2.24, 2.45) is 0 Å². The lowest BCUT2D eigenvalue weighted by molar-refractivity contribution is -0.907. The summed E-state index contributed by atoms with van der Waals surface area (Å²) in [6, 6.07) is 7.93. The molecule has 0 bridgehead atoms. The summed E-state index contributed by atoms with van der Waals surface area (Å²) in [5, 5.41) is 0. The van der Waals surface area contributed by atoms with Crippen LogP contribution in [0.2, 0.25) is 0 Å². The molecule has 0 aliphatic heterocycles. The van der Waals surface area contributed by atoms with Gasteiger partial charge in [0.25, 0.3) is 0 Å². The maximum Gasteiger partial charge on any atom is 0.235 e. The van der Waals surface area contributed by atoms with Crippen molar-refractivity contribution < 1.29 is 14.5 Å². The van der Waals surface area contributed by atoms with Crippen molar-refractivity contribution in [2.75, 3.05) is 7.05 Å². The molecular formula is C19H24BrN2O2+. The minimum Gasteiger partial charge on any atom is -0.355 e. The lowest BCUT2D eigenvalue weighted by Gasteiger charge is -2.20. The molecule has 4 nitrogen and oxygen atoms in total. The van der Waals surface area contributed by atoms with E-state index in [-0.39, 0.29) is 17.6 Å². The largest absolute Gasteiger partial charge is 0.355 e. The van der Waals surface area contributed by atoms with Crippen LogP contribution in [-0.4, -0.2) is 29.6 Å². The molecule has 0 spiro atoms. The van der Waals surface area contributed by atoms with Crippen molar-refractivity contribution in [3.05, 3.63) is 56.8 Å².